The summed E-state index contributed by atoms with van der Waals surface area (Å²) < 4.78 is 12.8. The zero-order chi connectivity index (χ0) is 22.5. The van der Waals surface area contributed by atoms with Crippen molar-refractivity contribution in [1.82, 2.24) is 9.99 Å². The van der Waals surface area contributed by atoms with Gasteiger partial charge < -0.3 is 19.5 Å². The molecule has 0 aliphatic carbocycles. The van der Waals surface area contributed by atoms with E-state index in [1.165, 1.54) is 0 Å². The summed E-state index contributed by atoms with van der Waals surface area (Å²) in [6, 6.07) is 19.8. The van der Waals surface area contributed by atoms with Crippen LogP contribution in [-0.2, 0) is 13.1 Å². The summed E-state index contributed by atoms with van der Waals surface area (Å²) in [6.45, 7) is 1.25. The van der Waals surface area contributed by atoms with Gasteiger partial charge in [-0.05, 0) is 41.5 Å². The minimum atomic E-state index is 0.557. The molecule has 0 amide bonds. The minimum Gasteiger partial charge on any atom is -0.493 e. The van der Waals surface area contributed by atoms with Gasteiger partial charge in [0.2, 0.25) is 0 Å². The molecule has 0 radical (unpaired) electrons. The van der Waals surface area contributed by atoms with Gasteiger partial charge in [0.1, 0.15) is 0 Å². The normalized spacial score (nSPS) is 11.2. The Kier molecular flexibility index (Phi) is 6.88. The van der Waals surface area contributed by atoms with Crippen molar-refractivity contribution in [3.05, 3.63) is 93.6 Å². The van der Waals surface area contributed by atoms with E-state index in [1.54, 1.807) is 14.2 Å². The van der Waals surface area contributed by atoms with E-state index in [4.69, 9.17) is 32.7 Å². The molecule has 0 bridgehead atoms. The lowest BCUT2D eigenvalue weighted by molar-refractivity contribution is 0.354. The Balaban J connectivity index is 1.51. The zero-order valence-electron chi connectivity index (χ0n) is 17.8. The van der Waals surface area contributed by atoms with E-state index < -0.39 is 0 Å². The van der Waals surface area contributed by atoms with E-state index in [-0.39, 0.29) is 0 Å². The number of hydrogen-bond acceptors (Lipinski definition) is 4. The molecule has 164 valence electrons. The molecule has 0 aliphatic heterocycles. The van der Waals surface area contributed by atoms with Crippen molar-refractivity contribution in [1.29, 1.82) is 0 Å². The van der Waals surface area contributed by atoms with Crippen molar-refractivity contribution in [2.45, 2.75) is 13.1 Å². The Morgan fingerprint density at radius 1 is 0.906 bits per heavy atom. The molecule has 1 aromatic heterocycles. The molecule has 0 unspecified atom stereocenters. The monoisotopic (exact) mass is 467 g/mol. The molecule has 7 heteroatoms. The third-order valence-corrected chi connectivity index (χ3v) is 5.92. The van der Waals surface area contributed by atoms with Crippen LogP contribution in [0.1, 0.15) is 16.7 Å². The van der Waals surface area contributed by atoms with Gasteiger partial charge in [0.25, 0.3) is 0 Å². The highest BCUT2D eigenvalue weighted by Gasteiger charge is 2.08. The molecule has 0 fully saturated rings. The molecule has 1 heterocycles. The Bertz CT molecular complexity index is 1270. The molecular weight excluding hydrogens is 445 g/mol. The van der Waals surface area contributed by atoms with Crippen LogP contribution in [0, 0.1) is 0 Å². The molecule has 0 saturated heterocycles. The second-order valence-electron chi connectivity index (χ2n) is 7.26. The van der Waals surface area contributed by atoms with Crippen LogP contribution < -0.4 is 14.9 Å². The van der Waals surface area contributed by atoms with Crippen LogP contribution in [0.4, 0.5) is 0 Å². The first-order chi connectivity index (χ1) is 15.6. The van der Waals surface area contributed by atoms with Gasteiger partial charge in [-0.25, -0.2) is 0 Å². The van der Waals surface area contributed by atoms with E-state index in [0.29, 0.717) is 34.6 Å². The van der Waals surface area contributed by atoms with Gasteiger partial charge >= 0.3 is 0 Å². The fourth-order valence-electron chi connectivity index (χ4n) is 3.59. The Hall–Kier alpha value is -3.15. The fourth-order valence-corrected chi connectivity index (χ4v) is 3.91. The van der Waals surface area contributed by atoms with Crippen LogP contribution in [0.3, 0.4) is 0 Å². The molecule has 1 N–H and O–H groups in total. The maximum absolute atomic E-state index is 6.19. The van der Waals surface area contributed by atoms with Crippen molar-refractivity contribution in [2.24, 2.45) is 5.10 Å². The molecule has 0 spiro atoms. The zero-order valence-corrected chi connectivity index (χ0v) is 19.3. The molecule has 4 rings (SSSR count). The van der Waals surface area contributed by atoms with Gasteiger partial charge in [0.15, 0.2) is 11.5 Å². The largest absolute Gasteiger partial charge is 0.493 e. The first-order valence-electron chi connectivity index (χ1n) is 10.1. The summed E-state index contributed by atoms with van der Waals surface area (Å²) in [5.74, 6) is 1.40. The summed E-state index contributed by atoms with van der Waals surface area (Å²) in [7, 11) is 3.25. The van der Waals surface area contributed by atoms with Crippen molar-refractivity contribution >= 4 is 40.3 Å². The quantitative estimate of drug-likeness (QED) is 0.250. The second-order valence-corrected chi connectivity index (χ2v) is 8.07. The lowest BCUT2D eigenvalue weighted by Crippen LogP contribution is -2.06. The number of methoxy groups -OCH3 is 2. The number of ether oxygens (including phenoxy) is 2. The smallest absolute Gasteiger partial charge is 0.161 e. The van der Waals surface area contributed by atoms with Crippen molar-refractivity contribution < 1.29 is 9.47 Å². The number of nitrogens with one attached hydrogen (secondary N) is 1. The molecule has 0 saturated carbocycles. The third kappa shape index (κ3) is 4.85. The Morgan fingerprint density at radius 3 is 2.47 bits per heavy atom. The maximum atomic E-state index is 6.19. The van der Waals surface area contributed by atoms with Gasteiger partial charge in [0, 0.05) is 29.2 Å². The standard InChI is InChI=1S/C25H23Cl2N3O2/c1-31-24-10-8-17(12-25(24)32-2)13-28-29-14-19-16-30(23-6-4-3-5-20(19)23)15-18-7-9-21(26)22(27)11-18/h3-12,14,16,28H,13,15H2,1-2H3/b29-14+. The number of halogens is 2. The second kappa shape index (κ2) is 9.98. The molecule has 5 nitrogen and oxygen atoms in total. The summed E-state index contributed by atoms with van der Waals surface area (Å²) in [5, 5.41) is 6.67. The van der Waals surface area contributed by atoms with Crippen molar-refractivity contribution in [3.63, 3.8) is 0 Å². The van der Waals surface area contributed by atoms with Gasteiger partial charge in [-0.1, -0.05) is 53.5 Å². The first kappa shape index (κ1) is 22.1. The predicted octanol–water partition coefficient (Wildman–Crippen LogP) is 6.14. The molecule has 0 atom stereocenters. The molecule has 3 aromatic carbocycles. The number of benzene rings is 3. The van der Waals surface area contributed by atoms with E-state index in [9.17, 15) is 0 Å². The van der Waals surface area contributed by atoms with Gasteiger partial charge in [-0.2, -0.15) is 5.10 Å². The number of aromatic nitrogens is 1. The minimum absolute atomic E-state index is 0.557. The highest BCUT2D eigenvalue weighted by Crippen LogP contribution is 2.28. The third-order valence-electron chi connectivity index (χ3n) is 5.18. The maximum Gasteiger partial charge on any atom is 0.161 e. The molecular formula is C25H23Cl2N3O2. The van der Waals surface area contributed by atoms with E-state index in [1.807, 2.05) is 54.7 Å². The van der Waals surface area contributed by atoms with E-state index in [2.05, 4.69) is 33.4 Å². The number of para-hydroxylation sites is 1. The number of hydrazone groups is 1. The fraction of sp³-hybridized carbons (Fsp3) is 0.160. The first-order valence-corrected chi connectivity index (χ1v) is 10.8. The molecule has 4 aromatic rings. The van der Waals surface area contributed by atoms with E-state index in [0.717, 1.165) is 27.6 Å². The Labute approximate surface area is 197 Å². The van der Waals surface area contributed by atoms with Gasteiger partial charge in [-0.15, -0.1) is 0 Å². The average molecular weight is 468 g/mol. The average Bonchev–Trinajstić information content (AvgIpc) is 3.16. The van der Waals surface area contributed by atoms with Gasteiger partial charge in [0.05, 0.1) is 37.0 Å². The number of rotatable bonds is 8. The number of nitrogens with zero attached hydrogens (tertiary/aromatic N) is 2. The number of hydrogen-bond donors (Lipinski definition) is 1. The van der Waals surface area contributed by atoms with Crippen LogP contribution in [0.5, 0.6) is 11.5 Å². The summed E-state index contributed by atoms with van der Waals surface area (Å²) >= 11 is 12.2. The summed E-state index contributed by atoms with van der Waals surface area (Å²) in [4.78, 5) is 0. The van der Waals surface area contributed by atoms with Crippen LogP contribution in [0.15, 0.2) is 72.0 Å². The lowest BCUT2D eigenvalue weighted by atomic mass is 10.2. The van der Waals surface area contributed by atoms with Crippen molar-refractivity contribution in [3.8, 4) is 11.5 Å². The SMILES string of the molecule is COc1ccc(CN/N=C/c2cn(Cc3ccc(Cl)c(Cl)c3)c3ccccc23)cc1OC. The topological polar surface area (TPSA) is 47.8 Å². The molecule has 0 aliphatic rings. The number of fused-ring (bicyclic) bond motifs is 1. The highest BCUT2D eigenvalue weighted by molar-refractivity contribution is 6.42. The summed E-state index contributed by atoms with van der Waals surface area (Å²) in [6.07, 6.45) is 3.93. The predicted molar refractivity (Wildman–Crippen MR) is 131 cm³/mol. The summed E-state index contributed by atoms with van der Waals surface area (Å²) in [5.41, 5.74) is 7.38. The van der Waals surface area contributed by atoms with Crippen LogP contribution >= 0.6 is 23.2 Å². The van der Waals surface area contributed by atoms with Gasteiger partial charge in [-0.3, -0.25) is 0 Å². The Morgan fingerprint density at radius 2 is 1.69 bits per heavy atom. The molecule has 32 heavy (non-hydrogen) atoms. The van der Waals surface area contributed by atoms with Crippen molar-refractivity contribution in [2.75, 3.05) is 14.2 Å². The van der Waals surface area contributed by atoms with Crippen LogP contribution in [-0.4, -0.2) is 25.0 Å². The van der Waals surface area contributed by atoms with Crippen LogP contribution in [0.25, 0.3) is 10.9 Å². The van der Waals surface area contributed by atoms with E-state index >= 15 is 0 Å². The lowest BCUT2D eigenvalue weighted by Gasteiger charge is -2.09. The van der Waals surface area contributed by atoms with Crippen LogP contribution in [0.2, 0.25) is 10.0 Å². The highest BCUT2D eigenvalue weighted by atomic mass is 35.5.